The fourth-order valence-corrected chi connectivity index (χ4v) is 2.36. The van der Waals surface area contributed by atoms with E-state index in [2.05, 4.69) is 0 Å². The van der Waals surface area contributed by atoms with Gasteiger partial charge in [0.05, 0.1) is 6.10 Å². The van der Waals surface area contributed by atoms with E-state index >= 15 is 0 Å². The summed E-state index contributed by atoms with van der Waals surface area (Å²) in [6.07, 6.45) is 4.08. The van der Waals surface area contributed by atoms with E-state index in [0.29, 0.717) is 25.3 Å². The minimum absolute atomic E-state index is 0.0381. The van der Waals surface area contributed by atoms with Crippen LogP contribution in [0.3, 0.4) is 0 Å². The highest BCUT2D eigenvalue weighted by atomic mass is 16.5. The highest BCUT2D eigenvalue weighted by Gasteiger charge is 2.39. The van der Waals surface area contributed by atoms with Crippen LogP contribution < -0.4 is 0 Å². The third-order valence-corrected chi connectivity index (χ3v) is 3.66. The van der Waals surface area contributed by atoms with Gasteiger partial charge in [-0.15, -0.1) is 0 Å². The van der Waals surface area contributed by atoms with Crippen molar-refractivity contribution in [3.8, 4) is 0 Å². The zero-order valence-electron chi connectivity index (χ0n) is 10.1. The lowest BCUT2D eigenvalue weighted by atomic mass is 10.2. The second kappa shape index (κ2) is 5.04. The SMILES string of the molecule is COC1CC(C(=O)O)N(C(=O)CCC2CC2)C1. The summed E-state index contributed by atoms with van der Waals surface area (Å²) in [5.41, 5.74) is 0. The zero-order valence-corrected chi connectivity index (χ0v) is 10.1. The van der Waals surface area contributed by atoms with E-state index in [1.165, 1.54) is 17.7 Å². The Hall–Kier alpha value is -1.10. The molecular weight excluding hydrogens is 222 g/mol. The number of hydrogen-bond donors (Lipinski definition) is 1. The van der Waals surface area contributed by atoms with E-state index in [9.17, 15) is 9.59 Å². The maximum absolute atomic E-state index is 12.0. The first kappa shape index (κ1) is 12.4. The summed E-state index contributed by atoms with van der Waals surface area (Å²) in [4.78, 5) is 24.5. The lowest BCUT2D eigenvalue weighted by molar-refractivity contribution is -0.148. The molecule has 0 radical (unpaired) electrons. The normalized spacial score (nSPS) is 28.4. The third-order valence-electron chi connectivity index (χ3n) is 3.66. The van der Waals surface area contributed by atoms with Crippen molar-refractivity contribution in [3.63, 3.8) is 0 Å². The second-order valence-electron chi connectivity index (χ2n) is 4.98. The number of carboxylic acid groups (broad SMARTS) is 1. The van der Waals surface area contributed by atoms with Crippen molar-refractivity contribution in [2.75, 3.05) is 13.7 Å². The first-order valence-corrected chi connectivity index (χ1v) is 6.17. The molecule has 2 aliphatic rings. The molecule has 5 heteroatoms. The van der Waals surface area contributed by atoms with Crippen molar-refractivity contribution < 1.29 is 19.4 Å². The number of aliphatic carboxylic acids is 1. The Bertz CT molecular complexity index is 314. The van der Waals surface area contributed by atoms with E-state index in [1.54, 1.807) is 7.11 Å². The monoisotopic (exact) mass is 241 g/mol. The average Bonchev–Trinajstić information content (AvgIpc) is 3.02. The van der Waals surface area contributed by atoms with E-state index in [-0.39, 0.29) is 12.0 Å². The van der Waals surface area contributed by atoms with Crippen molar-refractivity contribution in [2.24, 2.45) is 5.92 Å². The Morgan fingerprint density at radius 2 is 2.12 bits per heavy atom. The van der Waals surface area contributed by atoms with Crippen molar-refractivity contribution in [1.82, 2.24) is 4.90 Å². The maximum Gasteiger partial charge on any atom is 0.326 e. The van der Waals surface area contributed by atoms with Crippen LogP contribution >= 0.6 is 0 Å². The molecular formula is C12H19NO4. The lowest BCUT2D eigenvalue weighted by Crippen LogP contribution is -2.40. The van der Waals surface area contributed by atoms with E-state index in [4.69, 9.17) is 9.84 Å². The molecule has 1 N–H and O–H groups in total. The molecule has 0 aromatic rings. The molecule has 1 aliphatic heterocycles. The van der Waals surface area contributed by atoms with Gasteiger partial charge in [-0.1, -0.05) is 12.8 Å². The summed E-state index contributed by atoms with van der Waals surface area (Å²) in [6.45, 7) is 0.414. The maximum atomic E-state index is 12.0. The van der Waals surface area contributed by atoms with Gasteiger partial charge in [0.15, 0.2) is 0 Å². The summed E-state index contributed by atoms with van der Waals surface area (Å²) < 4.78 is 5.15. The number of carboxylic acids is 1. The Morgan fingerprint density at radius 3 is 2.65 bits per heavy atom. The number of carbonyl (C=O) groups excluding carboxylic acids is 1. The Labute approximate surface area is 101 Å². The molecule has 5 nitrogen and oxygen atoms in total. The fourth-order valence-electron chi connectivity index (χ4n) is 2.36. The van der Waals surface area contributed by atoms with Gasteiger partial charge >= 0.3 is 5.97 Å². The van der Waals surface area contributed by atoms with Crippen LogP contribution in [0.2, 0.25) is 0 Å². The van der Waals surface area contributed by atoms with Gasteiger partial charge in [0, 0.05) is 26.5 Å². The van der Waals surface area contributed by atoms with E-state index in [0.717, 1.165) is 6.42 Å². The van der Waals surface area contributed by atoms with Crippen LogP contribution in [0, 0.1) is 5.92 Å². The quantitative estimate of drug-likeness (QED) is 0.775. The summed E-state index contributed by atoms with van der Waals surface area (Å²) in [7, 11) is 1.56. The van der Waals surface area contributed by atoms with Crippen molar-refractivity contribution in [1.29, 1.82) is 0 Å². The first-order valence-electron chi connectivity index (χ1n) is 6.17. The average molecular weight is 241 g/mol. The molecule has 0 spiro atoms. The van der Waals surface area contributed by atoms with Gasteiger partial charge in [-0.05, 0) is 12.3 Å². The molecule has 1 heterocycles. The molecule has 2 fully saturated rings. The van der Waals surface area contributed by atoms with Gasteiger partial charge in [-0.2, -0.15) is 0 Å². The third kappa shape index (κ3) is 2.97. The summed E-state index contributed by atoms with van der Waals surface area (Å²) >= 11 is 0. The van der Waals surface area contributed by atoms with Crippen molar-refractivity contribution >= 4 is 11.9 Å². The number of ether oxygens (including phenoxy) is 1. The van der Waals surface area contributed by atoms with Crippen LogP contribution in [0.5, 0.6) is 0 Å². The predicted molar refractivity (Wildman–Crippen MR) is 60.5 cm³/mol. The summed E-state index contributed by atoms with van der Waals surface area (Å²) in [5.74, 6) is -0.267. The zero-order chi connectivity index (χ0) is 12.4. The molecule has 0 bridgehead atoms. The molecule has 1 amide bonds. The largest absolute Gasteiger partial charge is 0.480 e. The number of likely N-dealkylation sites (tertiary alicyclic amines) is 1. The summed E-state index contributed by atoms with van der Waals surface area (Å²) in [6, 6.07) is -0.702. The van der Waals surface area contributed by atoms with Crippen molar-refractivity contribution in [3.05, 3.63) is 0 Å². The van der Waals surface area contributed by atoms with Crippen LogP contribution in [0.15, 0.2) is 0 Å². The highest BCUT2D eigenvalue weighted by Crippen LogP contribution is 2.34. The first-order chi connectivity index (χ1) is 8.11. The number of amides is 1. The van der Waals surface area contributed by atoms with Crippen LogP contribution in [-0.2, 0) is 14.3 Å². The van der Waals surface area contributed by atoms with E-state index < -0.39 is 12.0 Å². The van der Waals surface area contributed by atoms with Gasteiger partial charge < -0.3 is 14.7 Å². The van der Waals surface area contributed by atoms with Gasteiger partial charge in [0.1, 0.15) is 6.04 Å². The second-order valence-corrected chi connectivity index (χ2v) is 4.98. The highest BCUT2D eigenvalue weighted by molar-refractivity contribution is 5.84. The number of rotatable bonds is 5. The molecule has 1 aliphatic carbocycles. The van der Waals surface area contributed by atoms with Crippen LogP contribution in [0.4, 0.5) is 0 Å². The molecule has 2 atom stereocenters. The Morgan fingerprint density at radius 1 is 1.41 bits per heavy atom. The van der Waals surface area contributed by atoms with Crippen LogP contribution in [0.25, 0.3) is 0 Å². The van der Waals surface area contributed by atoms with Crippen molar-refractivity contribution in [2.45, 2.75) is 44.2 Å². The Balaban J connectivity index is 1.90. The van der Waals surface area contributed by atoms with Gasteiger partial charge in [-0.3, -0.25) is 4.79 Å². The lowest BCUT2D eigenvalue weighted by Gasteiger charge is -2.21. The molecule has 96 valence electrons. The number of nitrogens with zero attached hydrogens (tertiary/aromatic N) is 1. The topological polar surface area (TPSA) is 66.8 Å². The minimum Gasteiger partial charge on any atom is -0.480 e. The molecule has 2 unspecified atom stereocenters. The minimum atomic E-state index is -0.927. The number of hydrogen-bond acceptors (Lipinski definition) is 3. The summed E-state index contributed by atoms with van der Waals surface area (Å²) in [5, 5.41) is 9.09. The number of carbonyl (C=O) groups is 2. The molecule has 17 heavy (non-hydrogen) atoms. The molecule has 0 aromatic carbocycles. The van der Waals surface area contributed by atoms with Crippen LogP contribution in [-0.4, -0.2) is 47.7 Å². The van der Waals surface area contributed by atoms with Gasteiger partial charge in [0.25, 0.3) is 0 Å². The molecule has 1 saturated heterocycles. The van der Waals surface area contributed by atoms with Crippen LogP contribution in [0.1, 0.15) is 32.1 Å². The molecule has 2 rings (SSSR count). The molecule has 0 aromatic heterocycles. The van der Waals surface area contributed by atoms with E-state index in [1.807, 2.05) is 0 Å². The number of methoxy groups -OCH3 is 1. The van der Waals surface area contributed by atoms with Gasteiger partial charge in [-0.25, -0.2) is 4.79 Å². The Kier molecular flexibility index (Phi) is 3.66. The predicted octanol–water partition coefficient (Wildman–Crippen LogP) is 0.877. The smallest absolute Gasteiger partial charge is 0.326 e. The van der Waals surface area contributed by atoms with Gasteiger partial charge in [0.2, 0.25) is 5.91 Å². The fraction of sp³-hybridized carbons (Fsp3) is 0.833. The molecule has 1 saturated carbocycles. The standard InChI is InChI=1S/C12H19NO4/c1-17-9-6-10(12(15)16)13(7-9)11(14)5-4-8-2-3-8/h8-10H,2-7H2,1H3,(H,15,16).